The molecular weight excluding hydrogens is 342 g/mol. The van der Waals surface area contributed by atoms with Crippen LogP contribution in [0.1, 0.15) is 12.8 Å². The molecule has 1 N–H and O–H groups in total. The monoisotopic (exact) mass is 356 g/mol. The van der Waals surface area contributed by atoms with Crippen molar-refractivity contribution in [3.05, 3.63) is 34.6 Å². The average Bonchev–Trinajstić information content (AvgIpc) is 2.57. The summed E-state index contributed by atoms with van der Waals surface area (Å²) in [5.74, 6) is 0.342. The second-order valence-corrected chi connectivity index (χ2v) is 6.08. The van der Waals surface area contributed by atoms with Crippen molar-refractivity contribution in [3.63, 3.8) is 0 Å². The SMILES string of the molecule is Fc1cc(-c2cnc(Cl)c(NCC3CCOCC3)n2)c(Cl)cn1. The largest absolute Gasteiger partial charge is 0.381 e. The van der Waals surface area contributed by atoms with E-state index in [0.717, 1.165) is 32.6 Å². The lowest BCUT2D eigenvalue weighted by molar-refractivity contribution is 0.0699. The highest BCUT2D eigenvalue weighted by molar-refractivity contribution is 6.33. The topological polar surface area (TPSA) is 59.9 Å². The molecule has 3 rings (SSSR count). The van der Waals surface area contributed by atoms with E-state index in [4.69, 9.17) is 27.9 Å². The van der Waals surface area contributed by atoms with E-state index in [1.54, 1.807) is 0 Å². The molecule has 0 saturated carbocycles. The van der Waals surface area contributed by atoms with Gasteiger partial charge in [0, 0.05) is 37.6 Å². The maximum absolute atomic E-state index is 13.3. The lowest BCUT2D eigenvalue weighted by Crippen LogP contribution is -2.23. The zero-order valence-electron chi connectivity index (χ0n) is 12.2. The molecule has 0 unspecified atom stereocenters. The fourth-order valence-corrected chi connectivity index (χ4v) is 2.78. The van der Waals surface area contributed by atoms with Crippen molar-refractivity contribution in [2.75, 3.05) is 25.1 Å². The van der Waals surface area contributed by atoms with E-state index in [-0.39, 0.29) is 5.15 Å². The lowest BCUT2D eigenvalue weighted by atomic mass is 10.0. The third-order valence-electron chi connectivity index (χ3n) is 3.72. The summed E-state index contributed by atoms with van der Waals surface area (Å²) in [6, 6.07) is 1.22. The highest BCUT2D eigenvalue weighted by Crippen LogP contribution is 2.28. The Morgan fingerprint density at radius 3 is 2.78 bits per heavy atom. The number of nitrogens with zero attached hydrogens (tertiary/aromatic N) is 3. The van der Waals surface area contributed by atoms with Crippen molar-refractivity contribution in [1.29, 1.82) is 0 Å². The number of aromatic nitrogens is 3. The Morgan fingerprint density at radius 2 is 2.00 bits per heavy atom. The molecule has 2 aromatic rings. The first-order chi connectivity index (χ1) is 11.1. The van der Waals surface area contributed by atoms with Crippen LogP contribution in [0.2, 0.25) is 10.2 Å². The van der Waals surface area contributed by atoms with Gasteiger partial charge < -0.3 is 10.1 Å². The third-order valence-corrected chi connectivity index (χ3v) is 4.30. The van der Waals surface area contributed by atoms with Crippen molar-refractivity contribution in [2.45, 2.75) is 12.8 Å². The number of nitrogens with one attached hydrogen (secondary N) is 1. The van der Waals surface area contributed by atoms with Gasteiger partial charge in [0.05, 0.1) is 16.9 Å². The first-order valence-corrected chi connectivity index (χ1v) is 8.04. The van der Waals surface area contributed by atoms with Crippen molar-refractivity contribution >= 4 is 29.0 Å². The maximum Gasteiger partial charge on any atom is 0.213 e. The molecule has 0 bridgehead atoms. The molecule has 122 valence electrons. The molecule has 5 nitrogen and oxygen atoms in total. The van der Waals surface area contributed by atoms with Crippen LogP contribution < -0.4 is 5.32 Å². The maximum atomic E-state index is 13.3. The molecule has 2 aromatic heterocycles. The molecule has 1 aliphatic rings. The number of halogens is 3. The summed E-state index contributed by atoms with van der Waals surface area (Å²) >= 11 is 12.1. The zero-order valence-corrected chi connectivity index (χ0v) is 13.7. The van der Waals surface area contributed by atoms with E-state index >= 15 is 0 Å². The third kappa shape index (κ3) is 4.07. The molecule has 0 radical (unpaired) electrons. The molecule has 1 fully saturated rings. The molecule has 1 saturated heterocycles. The van der Waals surface area contributed by atoms with Crippen LogP contribution in [0.3, 0.4) is 0 Å². The Bertz CT molecular complexity index is 695. The van der Waals surface area contributed by atoms with Crippen molar-refractivity contribution in [2.24, 2.45) is 5.92 Å². The first-order valence-electron chi connectivity index (χ1n) is 7.29. The van der Waals surface area contributed by atoms with E-state index in [2.05, 4.69) is 20.3 Å². The Labute approximate surface area is 143 Å². The van der Waals surface area contributed by atoms with Gasteiger partial charge in [-0.2, -0.15) is 4.39 Å². The Morgan fingerprint density at radius 1 is 1.22 bits per heavy atom. The summed E-state index contributed by atoms with van der Waals surface area (Å²) in [6.07, 6.45) is 4.71. The van der Waals surface area contributed by atoms with Crippen LogP contribution >= 0.6 is 23.2 Å². The highest BCUT2D eigenvalue weighted by atomic mass is 35.5. The minimum absolute atomic E-state index is 0.270. The van der Waals surface area contributed by atoms with Gasteiger partial charge in [0.1, 0.15) is 0 Å². The summed E-state index contributed by atoms with van der Waals surface area (Å²) in [5.41, 5.74) is 0.868. The van der Waals surface area contributed by atoms with E-state index in [1.807, 2.05) is 0 Å². The normalized spacial score (nSPS) is 15.6. The van der Waals surface area contributed by atoms with Crippen LogP contribution in [-0.2, 0) is 4.74 Å². The first kappa shape index (κ1) is 16.4. The Kier molecular flexibility index (Phi) is 5.25. The summed E-state index contributed by atoms with van der Waals surface area (Å²) in [4.78, 5) is 12.0. The molecule has 0 atom stereocenters. The van der Waals surface area contributed by atoms with Crippen LogP contribution in [0.25, 0.3) is 11.3 Å². The molecule has 1 aliphatic heterocycles. The predicted octanol–water partition coefficient (Wildman–Crippen LogP) is 3.82. The van der Waals surface area contributed by atoms with Crippen LogP contribution in [0.5, 0.6) is 0 Å². The number of pyridine rings is 1. The predicted molar refractivity (Wildman–Crippen MR) is 87.3 cm³/mol. The second kappa shape index (κ2) is 7.38. The van der Waals surface area contributed by atoms with Gasteiger partial charge in [0.15, 0.2) is 11.0 Å². The van der Waals surface area contributed by atoms with Crippen molar-refractivity contribution in [3.8, 4) is 11.3 Å². The van der Waals surface area contributed by atoms with E-state index in [1.165, 1.54) is 18.5 Å². The van der Waals surface area contributed by atoms with Gasteiger partial charge in [-0.3, -0.25) is 0 Å². The number of hydrogen-bond acceptors (Lipinski definition) is 5. The number of ether oxygens (including phenoxy) is 1. The molecule has 0 spiro atoms. The highest BCUT2D eigenvalue weighted by Gasteiger charge is 2.16. The summed E-state index contributed by atoms with van der Waals surface area (Å²) in [5, 5.41) is 3.79. The van der Waals surface area contributed by atoms with Crippen LogP contribution in [-0.4, -0.2) is 34.7 Å². The van der Waals surface area contributed by atoms with Gasteiger partial charge in [0.25, 0.3) is 0 Å². The zero-order chi connectivity index (χ0) is 16.2. The Balaban J connectivity index is 1.79. The number of hydrogen-bond donors (Lipinski definition) is 1. The van der Waals surface area contributed by atoms with Crippen LogP contribution in [0.15, 0.2) is 18.5 Å². The van der Waals surface area contributed by atoms with E-state index in [9.17, 15) is 4.39 Å². The molecular formula is C15H15Cl2FN4O. The van der Waals surface area contributed by atoms with Crippen LogP contribution in [0, 0.1) is 11.9 Å². The van der Waals surface area contributed by atoms with Gasteiger partial charge >= 0.3 is 0 Å². The smallest absolute Gasteiger partial charge is 0.213 e. The van der Waals surface area contributed by atoms with Crippen molar-refractivity contribution < 1.29 is 9.13 Å². The molecule has 8 heteroatoms. The van der Waals surface area contributed by atoms with E-state index in [0.29, 0.717) is 28.0 Å². The number of anilines is 1. The molecule has 23 heavy (non-hydrogen) atoms. The summed E-state index contributed by atoms with van der Waals surface area (Å²) in [6.45, 7) is 2.29. The van der Waals surface area contributed by atoms with Crippen molar-refractivity contribution in [1.82, 2.24) is 15.0 Å². The Hall–Kier alpha value is -1.50. The van der Waals surface area contributed by atoms with Gasteiger partial charge in [-0.05, 0) is 18.8 Å². The van der Waals surface area contributed by atoms with Gasteiger partial charge in [-0.1, -0.05) is 23.2 Å². The minimum Gasteiger partial charge on any atom is -0.381 e. The molecule has 0 amide bonds. The molecule has 3 heterocycles. The quantitative estimate of drug-likeness (QED) is 0.843. The van der Waals surface area contributed by atoms with Gasteiger partial charge in [-0.15, -0.1) is 0 Å². The minimum atomic E-state index is -0.627. The second-order valence-electron chi connectivity index (χ2n) is 5.32. The average molecular weight is 357 g/mol. The van der Waals surface area contributed by atoms with E-state index < -0.39 is 5.95 Å². The summed E-state index contributed by atoms with van der Waals surface area (Å²) in [7, 11) is 0. The van der Waals surface area contributed by atoms with Gasteiger partial charge in [0.2, 0.25) is 5.95 Å². The fourth-order valence-electron chi connectivity index (χ4n) is 2.42. The van der Waals surface area contributed by atoms with Gasteiger partial charge in [-0.25, -0.2) is 15.0 Å². The lowest BCUT2D eigenvalue weighted by Gasteiger charge is -2.22. The van der Waals surface area contributed by atoms with Crippen LogP contribution in [0.4, 0.5) is 10.2 Å². The molecule has 0 aromatic carbocycles. The number of rotatable bonds is 4. The molecule has 0 aliphatic carbocycles. The standard InChI is InChI=1S/C15H15Cl2FN4O/c16-11-7-19-13(18)5-10(11)12-8-20-14(17)15(22-12)21-6-9-1-3-23-4-2-9/h5,7-9H,1-4,6H2,(H,21,22). The fraction of sp³-hybridized carbons (Fsp3) is 0.400. The summed E-state index contributed by atoms with van der Waals surface area (Å²) < 4.78 is 18.7.